The van der Waals surface area contributed by atoms with Crippen molar-refractivity contribution in [1.29, 1.82) is 0 Å². The second-order valence-electron chi connectivity index (χ2n) is 5.65. The van der Waals surface area contributed by atoms with Crippen LogP contribution in [0.3, 0.4) is 0 Å². The first-order chi connectivity index (χ1) is 4.63. The third-order valence-corrected chi connectivity index (χ3v) is 6.03. The van der Waals surface area contributed by atoms with Gasteiger partial charge in [-0.2, -0.15) is 0 Å². The molecule has 0 fully saturated rings. The van der Waals surface area contributed by atoms with Crippen molar-refractivity contribution >= 4 is 14.5 Å². The van der Waals surface area contributed by atoms with Gasteiger partial charge in [-0.3, -0.25) is 0 Å². The SMILES string of the molecule is C[PH](C)(C)CC(O)[PH](C)(C)C. The first-order valence-corrected chi connectivity index (χ1v) is 11.6. The second kappa shape index (κ2) is 3.69. The maximum atomic E-state index is 9.82. The summed E-state index contributed by atoms with van der Waals surface area (Å²) in [6.45, 7) is 13.6. The average Bonchev–Trinajstić information content (AvgIpc) is 1.56. The number of hydrogen-bond acceptors (Lipinski definition) is 1. The van der Waals surface area contributed by atoms with Crippen molar-refractivity contribution in [2.75, 3.05) is 46.2 Å². The molecule has 1 unspecified atom stereocenters. The Bertz CT molecular complexity index is 121. The molecule has 0 spiro atoms. The quantitative estimate of drug-likeness (QED) is 0.683. The van der Waals surface area contributed by atoms with Gasteiger partial charge in [0.2, 0.25) is 0 Å². The van der Waals surface area contributed by atoms with Gasteiger partial charge in [-0.15, -0.1) is 0 Å². The minimum absolute atomic E-state index is 0.00849. The van der Waals surface area contributed by atoms with Gasteiger partial charge in [0.15, 0.2) is 0 Å². The Morgan fingerprint density at radius 1 is 1.00 bits per heavy atom. The normalized spacial score (nSPS) is 19.5. The molecular weight excluding hydrogens is 174 g/mol. The molecule has 1 N–H and O–H groups in total. The van der Waals surface area contributed by atoms with Crippen molar-refractivity contribution in [1.82, 2.24) is 0 Å². The van der Waals surface area contributed by atoms with Gasteiger partial charge < -0.3 is 0 Å². The van der Waals surface area contributed by atoms with E-state index in [4.69, 9.17) is 0 Å². The van der Waals surface area contributed by atoms with Crippen LogP contribution in [-0.4, -0.2) is 57.1 Å². The van der Waals surface area contributed by atoms with E-state index in [1.807, 2.05) is 0 Å². The summed E-state index contributed by atoms with van der Waals surface area (Å²) in [6, 6.07) is 0. The Morgan fingerprint density at radius 2 is 1.36 bits per heavy atom. The van der Waals surface area contributed by atoms with Gasteiger partial charge in [0, 0.05) is 0 Å². The van der Waals surface area contributed by atoms with Crippen molar-refractivity contribution in [3.05, 3.63) is 0 Å². The Hall–Kier alpha value is 0.820. The molecular formula is C8H24OP2. The van der Waals surface area contributed by atoms with Gasteiger partial charge in [-0.05, 0) is 0 Å². The van der Waals surface area contributed by atoms with Crippen LogP contribution >= 0.6 is 14.5 Å². The zero-order valence-corrected chi connectivity index (χ0v) is 10.7. The summed E-state index contributed by atoms with van der Waals surface area (Å²) in [5.41, 5.74) is 0. The zero-order chi connectivity index (χ0) is 9.28. The number of aliphatic hydroxyl groups is 1. The van der Waals surface area contributed by atoms with Gasteiger partial charge in [0.1, 0.15) is 0 Å². The Balaban J connectivity index is 3.99. The Labute approximate surface area is 72.3 Å². The fraction of sp³-hybridized carbons (Fsp3) is 1.00. The molecule has 1 nitrogen and oxygen atoms in total. The molecule has 0 aliphatic carbocycles. The van der Waals surface area contributed by atoms with E-state index in [0.717, 1.165) is 6.16 Å². The molecule has 0 bridgehead atoms. The summed E-state index contributed by atoms with van der Waals surface area (Å²) in [4.78, 5) is 0. The van der Waals surface area contributed by atoms with Crippen molar-refractivity contribution in [2.24, 2.45) is 0 Å². The van der Waals surface area contributed by atoms with Crippen LogP contribution in [0.25, 0.3) is 0 Å². The minimum atomic E-state index is -1.28. The monoisotopic (exact) mass is 198 g/mol. The molecule has 0 radical (unpaired) electrons. The number of hydrogen-bond donors (Lipinski definition) is 1. The zero-order valence-electron chi connectivity index (χ0n) is 8.73. The van der Waals surface area contributed by atoms with Gasteiger partial charge in [0.25, 0.3) is 0 Å². The fourth-order valence-corrected chi connectivity index (χ4v) is 6.33. The molecule has 0 heterocycles. The Kier molecular flexibility index (Phi) is 3.96. The van der Waals surface area contributed by atoms with Crippen molar-refractivity contribution < 1.29 is 5.11 Å². The molecule has 0 aliphatic rings. The van der Waals surface area contributed by atoms with Gasteiger partial charge in [-0.25, -0.2) is 0 Å². The number of rotatable bonds is 3. The van der Waals surface area contributed by atoms with E-state index in [1.54, 1.807) is 0 Å². The average molecular weight is 198 g/mol. The molecule has 0 saturated heterocycles. The van der Waals surface area contributed by atoms with Crippen LogP contribution in [0, 0.1) is 0 Å². The van der Waals surface area contributed by atoms with Gasteiger partial charge in [-0.1, -0.05) is 0 Å². The van der Waals surface area contributed by atoms with Crippen molar-refractivity contribution in [3.8, 4) is 0 Å². The summed E-state index contributed by atoms with van der Waals surface area (Å²) in [6.07, 6.45) is 1.07. The van der Waals surface area contributed by atoms with Gasteiger partial charge in [0.05, 0.1) is 0 Å². The van der Waals surface area contributed by atoms with Crippen LogP contribution in [0.15, 0.2) is 0 Å². The van der Waals surface area contributed by atoms with E-state index < -0.39 is 14.5 Å². The van der Waals surface area contributed by atoms with E-state index in [9.17, 15) is 5.11 Å². The summed E-state index contributed by atoms with van der Waals surface area (Å²) in [5, 5.41) is 9.82. The first kappa shape index (κ1) is 11.8. The van der Waals surface area contributed by atoms with Crippen LogP contribution in [0.1, 0.15) is 0 Å². The molecule has 0 aromatic rings. The van der Waals surface area contributed by atoms with Crippen LogP contribution in [0.2, 0.25) is 0 Å². The summed E-state index contributed by atoms with van der Waals surface area (Å²) < 4.78 is 0. The maximum absolute atomic E-state index is 9.82. The van der Waals surface area contributed by atoms with E-state index in [0.29, 0.717) is 0 Å². The second-order valence-corrected chi connectivity index (χ2v) is 16.6. The Morgan fingerprint density at radius 3 is 1.45 bits per heavy atom. The molecule has 11 heavy (non-hydrogen) atoms. The predicted molar refractivity (Wildman–Crippen MR) is 63.0 cm³/mol. The van der Waals surface area contributed by atoms with Crippen LogP contribution < -0.4 is 0 Å². The van der Waals surface area contributed by atoms with Crippen LogP contribution in [-0.2, 0) is 0 Å². The molecule has 0 aromatic carbocycles. The predicted octanol–water partition coefficient (Wildman–Crippen LogP) is 1.58. The topological polar surface area (TPSA) is 20.2 Å². The molecule has 0 saturated carbocycles. The summed E-state index contributed by atoms with van der Waals surface area (Å²) >= 11 is 0. The molecule has 3 heteroatoms. The molecule has 72 valence electrons. The molecule has 0 amide bonds. The first-order valence-electron chi connectivity index (χ1n) is 4.31. The summed E-state index contributed by atoms with van der Waals surface area (Å²) in [5.74, 6) is 0.00849. The van der Waals surface area contributed by atoms with Crippen molar-refractivity contribution in [2.45, 2.75) is 5.85 Å². The molecule has 0 aromatic heterocycles. The number of aliphatic hydroxyl groups excluding tert-OH is 1. The molecule has 0 rings (SSSR count). The van der Waals surface area contributed by atoms with Crippen LogP contribution in [0.4, 0.5) is 0 Å². The third kappa shape index (κ3) is 6.02. The standard InChI is InChI=1S/C8H24OP2/c1-10(2,3)7-8(9)11(4,5)6/h8-11H,7H2,1-6H3. The van der Waals surface area contributed by atoms with Crippen molar-refractivity contribution in [3.63, 3.8) is 0 Å². The van der Waals surface area contributed by atoms with E-state index >= 15 is 0 Å². The van der Waals surface area contributed by atoms with E-state index in [2.05, 4.69) is 40.0 Å². The third-order valence-electron chi connectivity index (χ3n) is 1.81. The van der Waals surface area contributed by atoms with E-state index in [-0.39, 0.29) is 5.85 Å². The fourth-order valence-electron chi connectivity index (χ4n) is 0.886. The van der Waals surface area contributed by atoms with Crippen LogP contribution in [0.5, 0.6) is 0 Å². The summed E-state index contributed by atoms with van der Waals surface area (Å²) in [7, 11) is -2.33. The van der Waals surface area contributed by atoms with E-state index in [1.165, 1.54) is 0 Å². The van der Waals surface area contributed by atoms with Gasteiger partial charge >= 0.3 is 71.6 Å². The molecule has 0 aliphatic heterocycles. The molecule has 1 atom stereocenters.